The topological polar surface area (TPSA) is 16.4 Å². The van der Waals surface area contributed by atoms with Gasteiger partial charge in [-0.2, -0.15) is 0 Å². The van der Waals surface area contributed by atoms with Crippen LogP contribution in [0, 0.1) is 0 Å². The molecule has 2 nitrogen and oxygen atoms in total. The van der Waals surface area contributed by atoms with E-state index in [-0.39, 0.29) is 0 Å². The maximum absolute atomic E-state index is 6.27. The van der Waals surface area contributed by atoms with E-state index >= 15 is 0 Å². The van der Waals surface area contributed by atoms with Gasteiger partial charge in [-0.25, -0.2) is 0 Å². The van der Waals surface area contributed by atoms with Gasteiger partial charge < -0.3 is 9.32 Å². The summed E-state index contributed by atoms with van der Waals surface area (Å²) in [7, 11) is 0. The van der Waals surface area contributed by atoms with E-state index in [1.54, 1.807) is 0 Å². The molecule has 11 rings (SSSR count). The molecule has 0 radical (unpaired) electrons. The molecule has 9 aromatic carbocycles. The standard InChI is InChI=1S/C52H33NOS/c1-2-14-35(15-3-1)42-20-10-21-43-44-22-11-24-47(52(44)55-51(42)43)53(46-23-8-6-17-40(46)38-28-27-34-13-4-5-16-37(34)33-38)39-31-29-36(30-32-39)41-19-12-26-49-50(41)45-18-7-9-25-48(45)54-49/h1-33H. The Morgan fingerprint density at radius 2 is 0.964 bits per heavy atom. The van der Waals surface area contributed by atoms with Crippen LogP contribution < -0.4 is 4.90 Å². The first kappa shape index (κ1) is 31.6. The number of fused-ring (bicyclic) bond motifs is 7. The van der Waals surface area contributed by atoms with Gasteiger partial charge in [0.05, 0.1) is 16.1 Å². The first-order chi connectivity index (χ1) is 27.3. The molecule has 0 saturated heterocycles. The highest BCUT2D eigenvalue weighted by molar-refractivity contribution is 7.27. The van der Waals surface area contributed by atoms with Gasteiger partial charge in [0, 0.05) is 37.5 Å². The van der Waals surface area contributed by atoms with E-state index in [2.05, 4.69) is 193 Å². The van der Waals surface area contributed by atoms with Crippen molar-refractivity contribution in [1.82, 2.24) is 0 Å². The van der Waals surface area contributed by atoms with Gasteiger partial charge in [0.15, 0.2) is 0 Å². The zero-order chi connectivity index (χ0) is 36.3. The molecule has 0 unspecified atom stereocenters. The van der Waals surface area contributed by atoms with Crippen LogP contribution in [0.25, 0.3) is 86.3 Å². The van der Waals surface area contributed by atoms with E-state index in [9.17, 15) is 0 Å². The van der Waals surface area contributed by atoms with Gasteiger partial charge in [0.2, 0.25) is 0 Å². The van der Waals surface area contributed by atoms with E-state index in [1.165, 1.54) is 53.2 Å². The van der Waals surface area contributed by atoms with Crippen LogP contribution in [0.1, 0.15) is 0 Å². The second-order valence-electron chi connectivity index (χ2n) is 14.0. The molecule has 55 heavy (non-hydrogen) atoms. The fourth-order valence-corrected chi connectivity index (χ4v) is 9.65. The zero-order valence-corrected chi connectivity index (χ0v) is 30.6. The Kier molecular flexibility index (Phi) is 7.39. The smallest absolute Gasteiger partial charge is 0.136 e. The van der Waals surface area contributed by atoms with Crippen LogP contribution in [0.2, 0.25) is 0 Å². The molecule has 0 amide bonds. The maximum atomic E-state index is 6.27. The third kappa shape index (κ3) is 5.24. The van der Waals surface area contributed by atoms with Gasteiger partial charge in [-0.15, -0.1) is 11.3 Å². The highest BCUT2D eigenvalue weighted by Crippen LogP contribution is 2.49. The minimum absolute atomic E-state index is 0.903. The molecule has 0 aliphatic heterocycles. The summed E-state index contributed by atoms with van der Waals surface area (Å²) < 4.78 is 8.83. The zero-order valence-electron chi connectivity index (χ0n) is 29.8. The summed E-state index contributed by atoms with van der Waals surface area (Å²) in [4.78, 5) is 2.46. The lowest BCUT2D eigenvalue weighted by Crippen LogP contribution is -2.11. The molecule has 0 bridgehead atoms. The second kappa shape index (κ2) is 12.9. The molecule has 0 saturated carbocycles. The lowest BCUT2D eigenvalue weighted by molar-refractivity contribution is 0.669. The Hall–Kier alpha value is -6.94. The number of benzene rings is 9. The van der Waals surface area contributed by atoms with Gasteiger partial charge >= 0.3 is 0 Å². The fourth-order valence-electron chi connectivity index (χ4n) is 8.31. The van der Waals surface area contributed by atoms with Crippen LogP contribution in [0.15, 0.2) is 205 Å². The molecule has 0 aliphatic rings. The van der Waals surface area contributed by atoms with Crippen molar-refractivity contribution < 1.29 is 4.42 Å². The number of para-hydroxylation sites is 2. The monoisotopic (exact) mass is 719 g/mol. The van der Waals surface area contributed by atoms with Crippen LogP contribution >= 0.6 is 11.3 Å². The summed E-state index contributed by atoms with van der Waals surface area (Å²) in [5, 5.41) is 7.29. The first-order valence-electron chi connectivity index (χ1n) is 18.7. The SMILES string of the molecule is c1ccc(-c2cccc3c2sc2c(N(c4ccc(-c5cccc6oc7ccccc7c56)cc4)c4ccccc4-c4ccc5ccccc5c4)cccc23)cc1. The number of hydrogen-bond acceptors (Lipinski definition) is 3. The average molecular weight is 720 g/mol. The lowest BCUT2D eigenvalue weighted by Gasteiger charge is -2.28. The van der Waals surface area contributed by atoms with Crippen LogP contribution in [0.5, 0.6) is 0 Å². The van der Waals surface area contributed by atoms with Crippen molar-refractivity contribution >= 4 is 81.3 Å². The van der Waals surface area contributed by atoms with Crippen LogP contribution in [0.4, 0.5) is 17.1 Å². The highest BCUT2D eigenvalue weighted by Gasteiger charge is 2.22. The predicted molar refractivity (Wildman–Crippen MR) is 235 cm³/mol. The number of rotatable bonds is 6. The number of furan rings is 1. The van der Waals surface area contributed by atoms with Crippen molar-refractivity contribution in [2.75, 3.05) is 4.90 Å². The quantitative estimate of drug-likeness (QED) is 0.170. The molecule has 0 spiro atoms. The Labute approximate surface area is 322 Å². The Balaban J connectivity index is 1.13. The molecule has 3 heteroatoms. The van der Waals surface area contributed by atoms with Crippen LogP contribution in [-0.4, -0.2) is 0 Å². The van der Waals surface area contributed by atoms with Crippen molar-refractivity contribution in [3.05, 3.63) is 200 Å². The lowest BCUT2D eigenvalue weighted by atomic mass is 9.97. The minimum Gasteiger partial charge on any atom is -0.456 e. The normalized spacial score (nSPS) is 11.6. The summed E-state index contributed by atoms with van der Waals surface area (Å²) in [6, 6.07) is 72.2. The molecule has 0 fully saturated rings. The molecule has 258 valence electrons. The Bertz CT molecular complexity index is 3210. The number of thiophene rings is 1. The van der Waals surface area contributed by atoms with Gasteiger partial charge in [-0.3, -0.25) is 0 Å². The number of hydrogen-bond donors (Lipinski definition) is 0. The van der Waals surface area contributed by atoms with E-state index in [1.807, 2.05) is 23.5 Å². The summed E-state index contributed by atoms with van der Waals surface area (Å²) in [6.45, 7) is 0. The van der Waals surface area contributed by atoms with Crippen LogP contribution in [0.3, 0.4) is 0 Å². The summed E-state index contributed by atoms with van der Waals surface area (Å²) in [6.07, 6.45) is 0. The van der Waals surface area contributed by atoms with E-state index in [0.29, 0.717) is 0 Å². The third-order valence-corrected chi connectivity index (χ3v) is 12.2. The Morgan fingerprint density at radius 3 is 1.85 bits per heavy atom. The molecule has 2 aromatic heterocycles. The number of anilines is 3. The predicted octanol–water partition coefficient (Wildman–Crippen LogP) is 15.6. The molecule has 0 atom stereocenters. The third-order valence-electron chi connectivity index (χ3n) is 10.9. The maximum Gasteiger partial charge on any atom is 0.136 e. The van der Waals surface area contributed by atoms with Gasteiger partial charge in [0.25, 0.3) is 0 Å². The van der Waals surface area contributed by atoms with Gasteiger partial charge in [-0.05, 0) is 81.1 Å². The molecule has 0 aliphatic carbocycles. The summed E-state index contributed by atoms with van der Waals surface area (Å²) in [5.74, 6) is 0. The van der Waals surface area contributed by atoms with Crippen molar-refractivity contribution in [1.29, 1.82) is 0 Å². The average Bonchev–Trinajstić information content (AvgIpc) is 3.84. The van der Waals surface area contributed by atoms with E-state index in [4.69, 9.17) is 4.42 Å². The highest BCUT2D eigenvalue weighted by atomic mass is 32.1. The second-order valence-corrected chi connectivity index (χ2v) is 15.1. The van der Waals surface area contributed by atoms with E-state index < -0.39 is 0 Å². The molecular weight excluding hydrogens is 687 g/mol. The first-order valence-corrected chi connectivity index (χ1v) is 19.5. The fraction of sp³-hybridized carbons (Fsp3) is 0. The minimum atomic E-state index is 0.903. The van der Waals surface area contributed by atoms with Crippen molar-refractivity contribution in [2.24, 2.45) is 0 Å². The van der Waals surface area contributed by atoms with Crippen LogP contribution in [-0.2, 0) is 0 Å². The molecular formula is C52H33NOS. The summed E-state index contributed by atoms with van der Waals surface area (Å²) >= 11 is 1.88. The molecule has 0 N–H and O–H groups in total. The van der Waals surface area contributed by atoms with E-state index in [0.717, 1.165) is 50.1 Å². The van der Waals surface area contributed by atoms with Crippen molar-refractivity contribution in [2.45, 2.75) is 0 Å². The largest absolute Gasteiger partial charge is 0.456 e. The summed E-state index contributed by atoms with van der Waals surface area (Å²) in [5.41, 5.74) is 12.4. The molecule has 11 aromatic rings. The van der Waals surface area contributed by atoms with Crippen molar-refractivity contribution in [3.8, 4) is 33.4 Å². The van der Waals surface area contributed by atoms with Gasteiger partial charge in [0.1, 0.15) is 11.2 Å². The van der Waals surface area contributed by atoms with Gasteiger partial charge in [-0.1, -0.05) is 158 Å². The van der Waals surface area contributed by atoms with Crippen molar-refractivity contribution in [3.63, 3.8) is 0 Å². The number of nitrogens with zero attached hydrogens (tertiary/aromatic N) is 1. The Morgan fingerprint density at radius 1 is 0.364 bits per heavy atom. The molecule has 2 heterocycles.